The molecule has 6 heteroatoms. The Balaban J connectivity index is 2.05. The molecule has 1 heterocycles. The van der Waals surface area contributed by atoms with E-state index < -0.39 is 0 Å². The number of aliphatic imine (C=N–C) groups is 1. The highest BCUT2D eigenvalue weighted by Crippen LogP contribution is 2.03. The van der Waals surface area contributed by atoms with Crippen molar-refractivity contribution in [1.82, 2.24) is 25.0 Å². The molecule has 21 heavy (non-hydrogen) atoms. The topological polar surface area (TPSA) is 58.3 Å². The molecule has 0 atom stereocenters. The first-order valence-electron chi connectivity index (χ1n) is 7.07. The predicted molar refractivity (Wildman–Crippen MR) is 83.7 cm³/mol. The van der Waals surface area contributed by atoms with E-state index in [0.29, 0.717) is 6.54 Å². The lowest BCUT2D eigenvalue weighted by atomic mass is 10.2. The summed E-state index contributed by atoms with van der Waals surface area (Å²) in [7, 11) is 3.91. The molecule has 0 saturated heterocycles. The molecule has 0 aliphatic carbocycles. The van der Waals surface area contributed by atoms with E-state index in [2.05, 4.69) is 44.3 Å². The van der Waals surface area contributed by atoms with Gasteiger partial charge in [-0.2, -0.15) is 5.10 Å². The number of nitrogens with zero attached hydrogens (tertiary/aromatic N) is 5. The largest absolute Gasteiger partial charge is 0.357 e. The highest BCUT2D eigenvalue weighted by Gasteiger charge is 2.07. The van der Waals surface area contributed by atoms with E-state index in [1.54, 1.807) is 11.0 Å². The Bertz CT molecular complexity index is 575. The van der Waals surface area contributed by atoms with Crippen LogP contribution in [0.5, 0.6) is 0 Å². The number of benzene rings is 1. The first-order chi connectivity index (χ1) is 10.2. The van der Waals surface area contributed by atoms with Crippen LogP contribution in [0.4, 0.5) is 0 Å². The lowest BCUT2D eigenvalue weighted by Crippen LogP contribution is -2.38. The number of nitrogens with one attached hydrogen (secondary N) is 1. The van der Waals surface area contributed by atoms with Gasteiger partial charge in [0.05, 0.1) is 0 Å². The average molecular weight is 286 g/mol. The third-order valence-corrected chi connectivity index (χ3v) is 3.13. The van der Waals surface area contributed by atoms with Gasteiger partial charge in [-0.15, -0.1) is 0 Å². The van der Waals surface area contributed by atoms with Crippen LogP contribution in [0.1, 0.15) is 18.3 Å². The van der Waals surface area contributed by atoms with Crippen LogP contribution in [0.2, 0.25) is 0 Å². The molecule has 0 radical (unpaired) electrons. The number of hydrogen-bond acceptors (Lipinski definition) is 3. The zero-order chi connectivity index (χ0) is 15.1. The number of rotatable bonds is 5. The molecule has 1 aromatic carbocycles. The Morgan fingerprint density at radius 3 is 2.71 bits per heavy atom. The van der Waals surface area contributed by atoms with Gasteiger partial charge in [0.15, 0.2) is 5.96 Å². The molecule has 0 aliphatic heterocycles. The molecule has 2 rings (SSSR count). The first kappa shape index (κ1) is 15.0. The molecule has 0 unspecified atom stereocenters. The molecule has 112 valence electrons. The first-order valence-corrected chi connectivity index (χ1v) is 7.07. The summed E-state index contributed by atoms with van der Waals surface area (Å²) in [5.74, 6) is 1.71. The second kappa shape index (κ2) is 7.42. The lowest BCUT2D eigenvalue weighted by molar-refractivity contribution is 0.476. The standard InChI is InChI=1S/C15H22N6/c1-4-16-15(17-10-14-18-12-19-21(14)3)20(2)11-13-8-6-5-7-9-13/h5-9,12H,4,10-11H2,1-3H3,(H,16,17). The lowest BCUT2D eigenvalue weighted by Gasteiger charge is -2.22. The van der Waals surface area contributed by atoms with Crippen molar-refractivity contribution in [2.24, 2.45) is 12.0 Å². The van der Waals surface area contributed by atoms with E-state index in [1.807, 2.05) is 32.3 Å². The van der Waals surface area contributed by atoms with E-state index in [4.69, 9.17) is 0 Å². The van der Waals surface area contributed by atoms with E-state index in [-0.39, 0.29) is 0 Å². The van der Waals surface area contributed by atoms with Gasteiger partial charge in [0, 0.05) is 27.2 Å². The molecule has 0 aliphatic rings. The van der Waals surface area contributed by atoms with Crippen LogP contribution >= 0.6 is 0 Å². The van der Waals surface area contributed by atoms with Gasteiger partial charge in [-0.1, -0.05) is 30.3 Å². The maximum Gasteiger partial charge on any atom is 0.194 e. The second-order valence-corrected chi connectivity index (χ2v) is 4.81. The highest BCUT2D eigenvalue weighted by molar-refractivity contribution is 5.79. The van der Waals surface area contributed by atoms with Gasteiger partial charge in [-0.25, -0.2) is 9.98 Å². The Labute approximate surface area is 125 Å². The number of hydrogen-bond donors (Lipinski definition) is 1. The predicted octanol–water partition coefficient (Wildman–Crippen LogP) is 1.41. The van der Waals surface area contributed by atoms with Crippen LogP contribution in [-0.4, -0.2) is 39.2 Å². The van der Waals surface area contributed by atoms with E-state index >= 15 is 0 Å². The van der Waals surface area contributed by atoms with Crippen molar-refractivity contribution in [3.8, 4) is 0 Å². The molecule has 1 N–H and O–H groups in total. The summed E-state index contributed by atoms with van der Waals surface area (Å²) in [4.78, 5) is 10.9. The van der Waals surface area contributed by atoms with Gasteiger partial charge in [0.2, 0.25) is 0 Å². The van der Waals surface area contributed by atoms with Crippen molar-refractivity contribution in [1.29, 1.82) is 0 Å². The SMILES string of the molecule is CCNC(=NCc1ncnn1C)N(C)Cc1ccccc1. The molecule has 0 amide bonds. The van der Waals surface area contributed by atoms with Crippen molar-refractivity contribution < 1.29 is 0 Å². The molecule has 0 saturated carbocycles. The minimum Gasteiger partial charge on any atom is -0.357 e. The quantitative estimate of drug-likeness (QED) is 0.667. The maximum atomic E-state index is 4.62. The molecule has 2 aromatic rings. The zero-order valence-corrected chi connectivity index (χ0v) is 12.8. The number of guanidine groups is 1. The van der Waals surface area contributed by atoms with E-state index in [1.165, 1.54) is 5.56 Å². The van der Waals surface area contributed by atoms with E-state index in [9.17, 15) is 0 Å². The molecular weight excluding hydrogens is 264 g/mol. The van der Waals surface area contributed by atoms with Gasteiger partial charge in [0.1, 0.15) is 18.7 Å². The third-order valence-electron chi connectivity index (χ3n) is 3.13. The minimum absolute atomic E-state index is 0.512. The smallest absolute Gasteiger partial charge is 0.194 e. The minimum atomic E-state index is 0.512. The molecule has 1 aromatic heterocycles. The fourth-order valence-corrected chi connectivity index (χ4v) is 2.01. The number of aromatic nitrogens is 3. The van der Waals surface area contributed by atoms with Gasteiger partial charge in [-0.3, -0.25) is 4.68 Å². The van der Waals surface area contributed by atoms with Gasteiger partial charge in [0.25, 0.3) is 0 Å². The van der Waals surface area contributed by atoms with Crippen molar-refractivity contribution in [3.63, 3.8) is 0 Å². The summed E-state index contributed by atoms with van der Waals surface area (Å²) in [6, 6.07) is 10.3. The average Bonchev–Trinajstić information content (AvgIpc) is 2.90. The van der Waals surface area contributed by atoms with Gasteiger partial charge < -0.3 is 10.2 Å². The third kappa shape index (κ3) is 4.30. The van der Waals surface area contributed by atoms with Crippen LogP contribution < -0.4 is 5.32 Å². The Kier molecular flexibility index (Phi) is 5.31. The van der Waals surface area contributed by atoms with Crippen LogP contribution in [0.15, 0.2) is 41.7 Å². The van der Waals surface area contributed by atoms with Crippen molar-refractivity contribution in [2.75, 3.05) is 13.6 Å². The summed E-state index contributed by atoms with van der Waals surface area (Å²) in [5.41, 5.74) is 1.25. The van der Waals surface area contributed by atoms with Crippen molar-refractivity contribution in [3.05, 3.63) is 48.0 Å². The maximum absolute atomic E-state index is 4.62. The monoisotopic (exact) mass is 286 g/mol. The van der Waals surface area contributed by atoms with Crippen molar-refractivity contribution >= 4 is 5.96 Å². The molecule has 0 fully saturated rings. The summed E-state index contributed by atoms with van der Waals surface area (Å²) >= 11 is 0. The van der Waals surface area contributed by atoms with Gasteiger partial charge >= 0.3 is 0 Å². The van der Waals surface area contributed by atoms with Crippen LogP contribution in [-0.2, 0) is 20.1 Å². The van der Waals surface area contributed by atoms with Crippen LogP contribution in [0, 0.1) is 0 Å². The summed E-state index contributed by atoms with van der Waals surface area (Å²) in [6.45, 7) is 4.22. The fourth-order valence-electron chi connectivity index (χ4n) is 2.01. The number of aryl methyl sites for hydroxylation is 1. The summed E-state index contributed by atoms with van der Waals surface area (Å²) in [5, 5.41) is 7.36. The Morgan fingerprint density at radius 2 is 2.10 bits per heavy atom. The molecular formula is C15H22N6. The zero-order valence-electron chi connectivity index (χ0n) is 12.8. The highest BCUT2D eigenvalue weighted by atomic mass is 15.3. The van der Waals surface area contributed by atoms with Crippen LogP contribution in [0.25, 0.3) is 0 Å². The summed E-state index contributed by atoms with van der Waals surface area (Å²) in [6.07, 6.45) is 1.55. The molecule has 6 nitrogen and oxygen atoms in total. The normalized spacial score (nSPS) is 11.5. The van der Waals surface area contributed by atoms with E-state index in [0.717, 1.165) is 24.9 Å². The second-order valence-electron chi connectivity index (χ2n) is 4.81. The van der Waals surface area contributed by atoms with Crippen LogP contribution in [0.3, 0.4) is 0 Å². The molecule has 0 bridgehead atoms. The molecule has 0 spiro atoms. The summed E-state index contributed by atoms with van der Waals surface area (Å²) < 4.78 is 1.74. The Morgan fingerprint density at radius 1 is 1.33 bits per heavy atom. The Hall–Kier alpha value is -2.37. The fraction of sp³-hybridized carbons (Fsp3) is 0.400. The van der Waals surface area contributed by atoms with Crippen molar-refractivity contribution in [2.45, 2.75) is 20.0 Å². The van der Waals surface area contributed by atoms with Gasteiger partial charge in [-0.05, 0) is 12.5 Å².